The maximum Gasteiger partial charge on any atom is 0.266 e. The minimum atomic E-state index is -0.579. The monoisotopic (exact) mass is 440 g/mol. The van der Waals surface area contributed by atoms with Gasteiger partial charge in [0.05, 0.1) is 0 Å². The molecule has 3 aromatic rings. The number of hydrogen-bond acceptors (Lipinski definition) is 3. The predicted octanol–water partition coefficient (Wildman–Crippen LogP) is 6.26. The van der Waals surface area contributed by atoms with Gasteiger partial charge in [0.25, 0.3) is 5.91 Å². The number of nitriles is 1. The van der Waals surface area contributed by atoms with Gasteiger partial charge in [-0.1, -0.05) is 35.3 Å². The maximum atomic E-state index is 13.1. The van der Waals surface area contributed by atoms with Crippen LogP contribution < -0.4 is 10.1 Å². The third-order valence-electron chi connectivity index (χ3n) is 4.05. The topological polar surface area (TPSA) is 62.1 Å². The van der Waals surface area contributed by atoms with Crippen molar-refractivity contribution in [2.75, 3.05) is 5.32 Å². The molecule has 4 nitrogen and oxygen atoms in total. The Balaban J connectivity index is 1.81. The molecule has 0 heterocycles. The first-order valence-corrected chi connectivity index (χ1v) is 9.56. The van der Waals surface area contributed by atoms with E-state index in [-0.39, 0.29) is 18.0 Å². The SMILES string of the molecule is N#C/C(=C\c1cc(Cl)ccc1OCc1ccc(F)cc1)C(=O)Nc1ccc(Cl)cc1. The quantitative estimate of drug-likeness (QED) is 0.363. The number of anilines is 1. The lowest BCUT2D eigenvalue weighted by atomic mass is 10.1. The van der Waals surface area contributed by atoms with E-state index in [1.54, 1.807) is 54.6 Å². The van der Waals surface area contributed by atoms with Crippen molar-refractivity contribution in [3.63, 3.8) is 0 Å². The molecular formula is C23H15Cl2FN2O2. The Morgan fingerprint density at radius 3 is 2.37 bits per heavy atom. The number of benzene rings is 3. The minimum Gasteiger partial charge on any atom is -0.488 e. The highest BCUT2D eigenvalue weighted by Crippen LogP contribution is 2.26. The molecule has 150 valence electrons. The van der Waals surface area contributed by atoms with Crippen molar-refractivity contribution < 1.29 is 13.9 Å². The van der Waals surface area contributed by atoms with E-state index in [9.17, 15) is 14.4 Å². The summed E-state index contributed by atoms with van der Waals surface area (Å²) in [7, 11) is 0. The summed E-state index contributed by atoms with van der Waals surface area (Å²) >= 11 is 11.9. The van der Waals surface area contributed by atoms with E-state index < -0.39 is 5.91 Å². The van der Waals surface area contributed by atoms with E-state index in [0.717, 1.165) is 5.56 Å². The normalized spacial score (nSPS) is 10.9. The molecule has 0 radical (unpaired) electrons. The lowest BCUT2D eigenvalue weighted by Gasteiger charge is -2.11. The second-order valence-electron chi connectivity index (χ2n) is 6.23. The maximum absolute atomic E-state index is 13.1. The highest BCUT2D eigenvalue weighted by Gasteiger charge is 2.12. The van der Waals surface area contributed by atoms with Crippen LogP contribution in [0.2, 0.25) is 10.0 Å². The van der Waals surface area contributed by atoms with Crippen LogP contribution in [0, 0.1) is 17.1 Å². The first kappa shape index (κ1) is 21.4. The zero-order valence-electron chi connectivity index (χ0n) is 15.5. The highest BCUT2D eigenvalue weighted by molar-refractivity contribution is 6.31. The lowest BCUT2D eigenvalue weighted by molar-refractivity contribution is -0.112. The number of nitrogens with one attached hydrogen (secondary N) is 1. The molecule has 0 saturated heterocycles. The Hall–Kier alpha value is -3.33. The fraction of sp³-hybridized carbons (Fsp3) is 0.0435. The van der Waals surface area contributed by atoms with Crippen LogP contribution in [0.15, 0.2) is 72.3 Å². The summed E-state index contributed by atoms with van der Waals surface area (Å²) in [6, 6.07) is 19.2. The van der Waals surface area contributed by atoms with Crippen molar-refractivity contribution >= 4 is 40.9 Å². The third kappa shape index (κ3) is 5.84. The molecule has 3 rings (SSSR count). The molecule has 0 aliphatic carbocycles. The van der Waals surface area contributed by atoms with Gasteiger partial charge in [0, 0.05) is 21.3 Å². The van der Waals surface area contributed by atoms with E-state index in [0.29, 0.717) is 27.0 Å². The average Bonchev–Trinajstić information content (AvgIpc) is 2.74. The zero-order chi connectivity index (χ0) is 21.5. The van der Waals surface area contributed by atoms with Gasteiger partial charge in [0.1, 0.15) is 29.8 Å². The van der Waals surface area contributed by atoms with Gasteiger partial charge >= 0.3 is 0 Å². The third-order valence-corrected chi connectivity index (χ3v) is 4.53. The second kappa shape index (κ2) is 9.93. The standard InChI is InChI=1S/C23H15Cl2FN2O2/c24-18-3-8-21(9-4-18)28-23(29)17(13-27)11-16-12-19(25)5-10-22(16)30-14-15-1-6-20(26)7-2-15/h1-12H,14H2,(H,28,29)/b17-11+. The molecule has 0 saturated carbocycles. The summed E-state index contributed by atoms with van der Waals surface area (Å²) in [6.07, 6.45) is 1.40. The van der Waals surface area contributed by atoms with Crippen LogP contribution in [0.3, 0.4) is 0 Å². The van der Waals surface area contributed by atoms with Gasteiger partial charge < -0.3 is 10.1 Å². The summed E-state index contributed by atoms with van der Waals surface area (Å²) in [4.78, 5) is 12.5. The number of ether oxygens (including phenoxy) is 1. The summed E-state index contributed by atoms with van der Waals surface area (Å²) in [5.41, 5.74) is 1.61. The smallest absolute Gasteiger partial charge is 0.266 e. The number of carbonyl (C=O) groups is 1. The van der Waals surface area contributed by atoms with Crippen molar-refractivity contribution in [1.29, 1.82) is 5.26 Å². The fourth-order valence-corrected chi connectivity index (χ4v) is 2.85. The molecule has 0 bridgehead atoms. The van der Waals surface area contributed by atoms with Gasteiger partial charge in [-0.05, 0) is 66.2 Å². The predicted molar refractivity (Wildman–Crippen MR) is 116 cm³/mol. The van der Waals surface area contributed by atoms with E-state index in [2.05, 4.69) is 5.32 Å². The van der Waals surface area contributed by atoms with Crippen LogP contribution in [0.1, 0.15) is 11.1 Å². The van der Waals surface area contributed by atoms with Crippen LogP contribution in [0.25, 0.3) is 6.08 Å². The molecule has 0 aliphatic rings. The summed E-state index contributed by atoms with van der Waals surface area (Å²) < 4.78 is 18.8. The second-order valence-corrected chi connectivity index (χ2v) is 7.10. The Kier molecular flexibility index (Phi) is 7.08. The van der Waals surface area contributed by atoms with Gasteiger partial charge in [-0.25, -0.2) is 4.39 Å². The molecule has 0 aliphatic heterocycles. The van der Waals surface area contributed by atoms with Gasteiger partial charge in [-0.15, -0.1) is 0 Å². The van der Waals surface area contributed by atoms with Crippen LogP contribution in [0.4, 0.5) is 10.1 Å². The first-order chi connectivity index (χ1) is 14.4. The van der Waals surface area contributed by atoms with Crippen molar-refractivity contribution in [1.82, 2.24) is 0 Å². The van der Waals surface area contributed by atoms with E-state index >= 15 is 0 Å². The minimum absolute atomic E-state index is 0.126. The summed E-state index contributed by atoms with van der Waals surface area (Å²) in [5, 5.41) is 13.1. The number of hydrogen-bond donors (Lipinski definition) is 1. The molecule has 0 aromatic heterocycles. The number of nitrogens with zero attached hydrogens (tertiary/aromatic N) is 1. The zero-order valence-corrected chi connectivity index (χ0v) is 17.0. The molecule has 0 atom stereocenters. The van der Waals surface area contributed by atoms with Gasteiger partial charge in [-0.3, -0.25) is 4.79 Å². The number of amides is 1. The van der Waals surface area contributed by atoms with Crippen molar-refractivity contribution in [2.45, 2.75) is 6.61 Å². The van der Waals surface area contributed by atoms with Crippen LogP contribution >= 0.6 is 23.2 Å². The van der Waals surface area contributed by atoms with E-state index in [1.807, 2.05) is 6.07 Å². The Bertz CT molecular complexity index is 1120. The largest absolute Gasteiger partial charge is 0.488 e. The molecule has 1 amide bonds. The van der Waals surface area contributed by atoms with Crippen LogP contribution in [0.5, 0.6) is 5.75 Å². The van der Waals surface area contributed by atoms with Crippen molar-refractivity contribution in [2.24, 2.45) is 0 Å². The van der Waals surface area contributed by atoms with Gasteiger partial charge in [0.15, 0.2) is 0 Å². The average molecular weight is 441 g/mol. The Morgan fingerprint density at radius 2 is 1.70 bits per heavy atom. The van der Waals surface area contributed by atoms with Crippen LogP contribution in [-0.4, -0.2) is 5.91 Å². The first-order valence-electron chi connectivity index (χ1n) is 8.80. The molecule has 0 spiro atoms. The number of carbonyl (C=O) groups excluding carboxylic acids is 1. The Morgan fingerprint density at radius 1 is 1.03 bits per heavy atom. The van der Waals surface area contributed by atoms with Gasteiger partial charge in [0.2, 0.25) is 0 Å². The van der Waals surface area contributed by atoms with Crippen molar-refractivity contribution in [3.8, 4) is 11.8 Å². The molecular weight excluding hydrogens is 426 g/mol. The number of rotatable bonds is 6. The molecule has 0 fully saturated rings. The summed E-state index contributed by atoms with van der Waals surface area (Å²) in [5.74, 6) is -0.487. The molecule has 30 heavy (non-hydrogen) atoms. The van der Waals surface area contributed by atoms with Crippen LogP contribution in [-0.2, 0) is 11.4 Å². The molecule has 0 unspecified atom stereocenters. The lowest BCUT2D eigenvalue weighted by Crippen LogP contribution is -2.13. The Labute approximate surface area is 183 Å². The fourth-order valence-electron chi connectivity index (χ4n) is 2.54. The molecule has 1 N–H and O–H groups in total. The van der Waals surface area contributed by atoms with E-state index in [1.165, 1.54) is 18.2 Å². The molecule has 3 aromatic carbocycles. The molecule has 7 heteroatoms. The van der Waals surface area contributed by atoms with Crippen molar-refractivity contribution in [3.05, 3.63) is 99.3 Å². The summed E-state index contributed by atoms with van der Waals surface area (Å²) in [6.45, 7) is 0.182. The van der Waals surface area contributed by atoms with E-state index in [4.69, 9.17) is 27.9 Å². The number of halogens is 3. The highest BCUT2D eigenvalue weighted by atomic mass is 35.5. The van der Waals surface area contributed by atoms with Gasteiger partial charge in [-0.2, -0.15) is 5.26 Å².